The average Bonchev–Trinajstić information content (AvgIpc) is 3.06. The predicted molar refractivity (Wildman–Crippen MR) is 85.3 cm³/mol. The van der Waals surface area contributed by atoms with Crippen LogP contribution in [0, 0.1) is 0 Å². The summed E-state index contributed by atoms with van der Waals surface area (Å²) in [6.45, 7) is 2.87. The van der Waals surface area contributed by atoms with Crippen molar-refractivity contribution in [3.05, 3.63) is 54.7 Å². The number of nitrogens with zero attached hydrogens (tertiary/aromatic N) is 6. The van der Waals surface area contributed by atoms with Gasteiger partial charge in [0.1, 0.15) is 11.5 Å². The molecule has 0 radical (unpaired) electrons. The third kappa shape index (κ3) is 2.61. The van der Waals surface area contributed by atoms with Crippen LogP contribution in [0.4, 0.5) is 5.82 Å². The minimum absolute atomic E-state index is 0.0452. The van der Waals surface area contributed by atoms with Gasteiger partial charge in [-0.1, -0.05) is 6.07 Å². The van der Waals surface area contributed by atoms with Gasteiger partial charge in [0.05, 0.1) is 0 Å². The molecular weight excluding hydrogens is 292 g/mol. The Labute approximate surface area is 133 Å². The highest BCUT2D eigenvalue weighted by atomic mass is 16.2. The quantitative estimate of drug-likeness (QED) is 0.709. The Morgan fingerprint density at radius 1 is 1.00 bits per heavy atom. The molecule has 7 nitrogen and oxygen atoms in total. The zero-order valence-electron chi connectivity index (χ0n) is 12.5. The van der Waals surface area contributed by atoms with Crippen molar-refractivity contribution in [2.75, 3.05) is 31.1 Å². The number of carbonyl (C=O) groups is 1. The van der Waals surface area contributed by atoms with Crippen molar-refractivity contribution in [2.45, 2.75) is 0 Å². The summed E-state index contributed by atoms with van der Waals surface area (Å²) in [6.07, 6.45) is 7.03. The van der Waals surface area contributed by atoms with Crippen LogP contribution in [0.2, 0.25) is 0 Å². The van der Waals surface area contributed by atoms with Gasteiger partial charge in [-0.25, -0.2) is 15.0 Å². The number of piperazine rings is 1. The number of rotatable bonds is 2. The van der Waals surface area contributed by atoms with E-state index in [1.54, 1.807) is 23.0 Å². The van der Waals surface area contributed by atoms with E-state index in [1.807, 2.05) is 35.4 Å². The highest BCUT2D eigenvalue weighted by Crippen LogP contribution is 2.14. The number of amides is 1. The van der Waals surface area contributed by atoms with Crippen molar-refractivity contribution in [3.63, 3.8) is 0 Å². The molecule has 0 aromatic carbocycles. The molecule has 7 heteroatoms. The highest BCUT2D eigenvalue weighted by molar-refractivity contribution is 5.93. The number of aromatic nitrogens is 4. The minimum atomic E-state index is -0.0452. The monoisotopic (exact) mass is 308 g/mol. The Kier molecular flexibility index (Phi) is 3.38. The van der Waals surface area contributed by atoms with E-state index in [1.165, 1.54) is 0 Å². The lowest BCUT2D eigenvalue weighted by atomic mass is 10.2. The largest absolute Gasteiger partial charge is 0.353 e. The highest BCUT2D eigenvalue weighted by Gasteiger charge is 2.24. The summed E-state index contributed by atoms with van der Waals surface area (Å²) in [5.74, 6) is 1.45. The van der Waals surface area contributed by atoms with Crippen LogP contribution in [0.3, 0.4) is 0 Å². The van der Waals surface area contributed by atoms with Gasteiger partial charge >= 0.3 is 0 Å². The van der Waals surface area contributed by atoms with Gasteiger partial charge in [0, 0.05) is 51.0 Å². The topological polar surface area (TPSA) is 66.6 Å². The van der Waals surface area contributed by atoms with Crippen LogP contribution < -0.4 is 4.90 Å². The van der Waals surface area contributed by atoms with Crippen LogP contribution in [0.5, 0.6) is 0 Å². The first kappa shape index (κ1) is 13.7. The molecule has 1 amide bonds. The van der Waals surface area contributed by atoms with E-state index in [0.29, 0.717) is 24.6 Å². The second-order valence-corrected chi connectivity index (χ2v) is 5.42. The van der Waals surface area contributed by atoms with Gasteiger partial charge < -0.3 is 9.80 Å². The van der Waals surface area contributed by atoms with Crippen LogP contribution in [0.1, 0.15) is 10.5 Å². The molecule has 0 aliphatic carbocycles. The number of hydrogen-bond acceptors (Lipinski definition) is 5. The van der Waals surface area contributed by atoms with Gasteiger partial charge in [0.25, 0.3) is 5.91 Å². The summed E-state index contributed by atoms with van der Waals surface area (Å²) in [6, 6.07) is 7.68. The number of carbonyl (C=O) groups excluding carboxylic acids is 1. The molecule has 0 bridgehead atoms. The number of fused-ring (bicyclic) bond motifs is 1. The molecule has 1 fully saturated rings. The van der Waals surface area contributed by atoms with Gasteiger partial charge in [-0.15, -0.1) is 0 Å². The smallest absolute Gasteiger partial charge is 0.274 e. The second kappa shape index (κ2) is 5.68. The Morgan fingerprint density at radius 3 is 2.57 bits per heavy atom. The molecule has 3 aromatic rings. The Bertz CT molecular complexity index is 790. The van der Waals surface area contributed by atoms with Gasteiger partial charge in [-0.2, -0.15) is 0 Å². The molecule has 4 rings (SSSR count). The molecule has 1 aliphatic rings. The first-order valence-corrected chi connectivity index (χ1v) is 7.56. The van der Waals surface area contributed by atoms with Gasteiger partial charge in [0.2, 0.25) is 5.78 Å². The van der Waals surface area contributed by atoms with Crippen LogP contribution in [-0.2, 0) is 0 Å². The third-order valence-corrected chi connectivity index (χ3v) is 3.99. The molecule has 0 atom stereocenters. The molecule has 0 saturated carbocycles. The average molecular weight is 308 g/mol. The standard InChI is InChI=1S/C16H16N6O/c23-15(13-12-22-7-3-6-18-16(22)19-13)21-10-8-20(9-11-21)14-4-1-2-5-17-14/h1-7,12H,8-11H2. The summed E-state index contributed by atoms with van der Waals surface area (Å²) >= 11 is 0. The lowest BCUT2D eigenvalue weighted by Crippen LogP contribution is -2.49. The minimum Gasteiger partial charge on any atom is -0.353 e. The number of hydrogen-bond donors (Lipinski definition) is 0. The summed E-state index contributed by atoms with van der Waals surface area (Å²) in [7, 11) is 0. The van der Waals surface area contributed by atoms with E-state index in [4.69, 9.17) is 0 Å². The maximum absolute atomic E-state index is 12.6. The van der Waals surface area contributed by atoms with Gasteiger partial charge in [-0.05, 0) is 18.2 Å². The third-order valence-electron chi connectivity index (χ3n) is 3.99. The zero-order valence-corrected chi connectivity index (χ0v) is 12.5. The zero-order chi connectivity index (χ0) is 15.6. The summed E-state index contributed by atoms with van der Waals surface area (Å²) in [5, 5.41) is 0. The summed E-state index contributed by atoms with van der Waals surface area (Å²) < 4.78 is 1.76. The molecule has 4 heterocycles. The van der Waals surface area contributed by atoms with E-state index in [-0.39, 0.29) is 5.91 Å². The molecule has 116 valence electrons. The summed E-state index contributed by atoms with van der Waals surface area (Å²) in [5.41, 5.74) is 0.440. The lowest BCUT2D eigenvalue weighted by Gasteiger charge is -2.35. The SMILES string of the molecule is O=C(c1cn2cccnc2n1)N1CCN(c2ccccn2)CC1. The van der Waals surface area contributed by atoms with Crippen LogP contribution in [0.15, 0.2) is 49.1 Å². The molecule has 3 aromatic heterocycles. The fraction of sp³-hybridized carbons (Fsp3) is 0.250. The summed E-state index contributed by atoms with van der Waals surface area (Å²) in [4.78, 5) is 29.4. The Balaban J connectivity index is 1.46. The number of imidazole rings is 1. The second-order valence-electron chi connectivity index (χ2n) is 5.42. The molecule has 1 aliphatic heterocycles. The Morgan fingerprint density at radius 2 is 1.83 bits per heavy atom. The van der Waals surface area contributed by atoms with Crippen molar-refractivity contribution in [3.8, 4) is 0 Å². The van der Waals surface area contributed by atoms with Crippen molar-refractivity contribution in [2.24, 2.45) is 0 Å². The van der Waals surface area contributed by atoms with E-state index >= 15 is 0 Å². The van der Waals surface area contributed by atoms with E-state index in [0.717, 1.165) is 18.9 Å². The van der Waals surface area contributed by atoms with Gasteiger partial charge in [-0.3, -0.25) is 9.20 Å². The van der Waals surface area contributed by atoms with Gasteiger partial charge in [0.15, 0.2) is 0 Å². The van der Waals surface area contributed by atoms with E-state index in [2.05, 4.69) is 19.9 Å². The lowest BCUT2D eigenvalue weighted by molar-refractivity contribution is 0.0741. The number of anilines is 1. The fourth-order valence-electron chi connectivity index (χ4n) is 2.77. The van der Waals surface area contributed by atoms with Crippen LogP contribution in [-0.4, -0.2) is 56.3 Å². The first-order valence-electron chi connectivity index (χ1n) is 7.56. The molecular formula is C16H16N6O. The maximum atomic E-state index is 12.6. The fourth-order valence-corrected chi connectivity index (χ4v) is 2.77. The molecule has 0 N–H and O–H groups in total. The van der Waals surface area contributed by atoms with Crippen molar-refractivity contribution in [1.82, 2.24) is 24.3 Å². The molecule has 0 spiro atoms. The van der Waals surface area contributed by atoms with E-state index < -0.39 is 0 Å². The van der Waals surface area contributed by atoms with Crippen LogP contribution >= 0.6 is 0 Å². The maximum Gasteiger partial charge on any atom is 0.274 e. The normalized spacial score (nSPS) is 15.1. The molecule has 1 saturated heterocycles. The number of pyridine rings is 1. The van der Waals surface area contributed by atoms with E-state index in [9.17, 15) is 4.79 Å². The predicted octanol–water partition coefficient (Wildman–Crippen LogP) is 1.09. The van der Waals surface area contributed by atoms with Crippen molar-refractivity contribution < 1.29 is 4.79 Å². The van der Waals surface area contributed by atoms with Crippen molar-refractivity contribution in [1.29, 1.82) is 0 Å². The van der Waals surface area contributed by atoms with Crippen molar-refractivity contribution >= 4 is 17.5 Å². The molecule has 0 unspecified atom stereocenters. The first-order chi connectivity index (χ1) is 11.3. The van der Waals surface area contributed by atoms with Crippen LogP contribution in [0.25, 0.3) is 5.78 Å². The Hall–Kier alpha value is -2.96. The molecule has 23 heavy (non-hydrogen) atoms.